The van der Waals surface area contributed by atoms with E-state index in [0.29, 0.717) is 0 Å². The van der Waals surface area contributed by atoms with Crippen LogP contribution in [0.2, 0.25) is 0 Å². The van der Waals surface area contributed by atoms with Crippen LogP contribution in [0.5, 0.6) is 0 Å². The molecule has 2 rings (SSSR count). The van der Waals surface area contributed by atoms with Crippen LogP contribution in [-0.4, -0.2) is 6.26 Å². The van der Waals surface area contributed by atoms with Crippen molar-refractivity contribution in [2.24, 2.45) is 0 Å². The summed E-state index contributed by atoms with van der Waals surface area (Å²) in [5.74, 6) is 0. The maximum absolute atomic E-state index is 4.55. The summed E-state index contributed by atoms with van der Waals surface area (Å²) in [4.78, 5) is 3.73. The van der Waals surface area contributed by atoms with Crippen LogP contribution in [0.15, 0.2) is 28.0 Å². The average molecular weight is 305 g/mol. The molecular formula is C10H9BrS3. The second-order valence-electron chi connectivity index (χ2n) is 2.87. The molecule has 0 aliphatic carbocycles. The van der Waals surface area contributed by atoms with Gasteiger partial charge in [-0.25, -0.2) is 0 Å². The Kier molecular flexibility index (Phi) is 3.47. The van der Waals surface area contributed by atoms with E-state index in [0.717, 1.165) is 10.2 Å². The van der Waals surface area contributed by atoms with E-state index >= 15 is 0 Å². The van der Waals surface area contributed by atoms with Crippen LogP contribution < -0.4 is 0 Å². The predicted octanol–water partition coefficient (Wildman–Crippen LogP) is 4.81. The zero-order valence-electron chi connectivity index (χ0n) is 7.58. The van der Waals surface area contributed by atoms with Crippen molar-refractivity contribution in [2.75, 3.05) is 6.26 Å². The maximum atomic E-state index is 4.55. The molecule has 14 heavy (non-hydrogen) atoms. The smallest absolute Gasteiger partial charge is 0.0388 e. The van der Waals surface area contributed by atoms with Crippen LogP contribution in [0.25, 0.3) is 10.1 Å². The Bertz CT molecular complexity index is 462. The number of thiol groups is 1. The summed E-state index contributed by atoms with van der Waals surface area (Å²) in [6, 6.07) is 6.55. The van der Waals surface area contributed by atoms with Gasteiger partial charge in [0.25, 0.3) is 0 Å². The quantitative estimate of drug-likeness (QED) is 0.472. The highest BCUT2D eigenvalue weighted by molar-refractivity contribution is 9.08. The molecule has 0 aliphatic rings. The van der Waals surface area contributed by atoms with E-state index in [2.05, 4.69) is 53.0 Å². The summed E-state index contributed by atoms with van der Waals surface area (Å²) in [7, 11) is 0. The average Bonchev–Trinajstić information content (AvgIpc) is 2.55. The van der Waals surface area contributed by atoms with Gasteiger partial charge in [0, 0.05) is 30.1 Å². The maximum Gasteiger partial charge on any atom is 0.0388 e. The SMILES string of the molecule is CSc1ccc2sc(CBr)c(S)c2c1. The number of thioether (sulfide) groups is 1. The molecule has 0 nitrogen and oxygen atoms in total. The topological polar surface area (TPSA) is 0 Å². The molecule has 0 unspecified atom stereocenters. The molecule has 0 fully saturated rings. The summed E-state index contributed by atoms with van der Waals surface area (Å²) in [6.07, 6.45) is 2.09. The van der Waals surface area contributed by atoms with Crippen LogP contribution in [-0.2, 0) is 5.33 Å². The van der Waals surface area contributed by atoms with E-state index in [1.807, 2.05) is 11.3 Å². The van der Waals surface area contributed by atoms with Crippen LogP contribution in [0.4, 0.5) is 0 Å². The van der Waals surface area contributed by atoms with Crippen LogP contribution in [0, 0.1) is 0 Å². The molecule has 0 N–H and O–H groups in total. The molecule has 2 aromatic rings. The van der Waals surface area contributed by atoms with Crippen molar-refractivity contribution in [3.63, 3.8) is 0 Å². The number of hydrogen-bond donors (Lipinski definition) is 1. The van der Waals surface area contributed by atoms with Crippen molar-refractivity contribution < 1.29 is 0 Å². The molecule has 0 aliphatic heterocycles. The number of hydrogen-bond acceptors (Lipinski definition) is 3. The lowest BCUT2D eigenvalue weighted by Crippen LogP contribution is -1.71. The van der Waals surface area contributed by atoms with E-state index in [9.17, 15) is 0 Å². The minimum atomic E-state index is 0.889. The number of rotatable bonds is 2. The van der Waals surface area contributed by atoms with Gasteiger partial charge in [-0.3, -0.25) is 0 Å². The summed E-state index contributed by atoms with van der Waals surface area (Å²) in [6.45, 7) is 0. The first-order valence-electron chi connectivity index (χ1n) is 4.10. The molecule has 0 bridgehead atoms. The number of alkyl halides is 1. The third-order valence-electron chi connectivity index (χ3n) is 2.06. The highest BCUT2D eigenvalue weighted by atomic mass is 79.9. The van der Waals surface area contributed by atoms with Gasteiger partial charge in [0.15, 0.2) is 0 Å². The van der Waals surface area contributed by atoms with Crippen molar-refractivity contribution in [3.8, 4) is 0 Å². The first-order valence-corrected chi connectivity index (χ1v) is 7.71. The zero-order valence-corrected chi connectivity index (χ0v) is 11.7. The molecular weight excluding hydrogens is 296 g/mol. The highest BCUT2D eigenvalue weighted by Gasteiger charge is 2.08. The normalized spacial score (nSPS) is 11.1. The molecule has 0 saturated carbocycles. The minimum absolute atomic E-state index is 0.889. The molecule has 0 saturated heterocycles. The Labute approximate surface area is 106 Å². The van der Waals surface area contributed by atoms with Crippen molar-refractivity contribution in [1.29, 1.82) is 0 Å². The third-order valence-corrected chi connectivity index (χ3v) is 5.55. The Morgan fingerprint density at radius 1 is 1.50 bits per heavy atom. The van der Waals surface area contributed by atoms with Gasteiger partial charge >= 0.3 is 0 Å². The molecule has 1 aromatic carbocycles. The fraction of sp³-hybridized carbons (Fsp3) is 0.200. The molecule has 0 amide bonds. The van der Waals surface area contributed by atoms with Gasteiger partial charge in [0.1, 0.15) is 0 Å². The Balaban J connectivity index is 2.68. The van der Waals surface area contributed by atoms with E-state index in [1.54, 1.807) is 11.8 Å². The van der Waals surface area contributed by atoms with E-state index in [-0.39, 0.29) is 0 Å². The number of thiophene rings is 1. The fourth-order valence-electron chi connectivity index (χ4n) is 1.33. The predicted molar refractivity (Wildman–Crippen MR) is 73.5 cm³/mol. The van der Waals surface area contributed by atoms with Gasteiger partial charge in [-0.15, -0.1) is 35.7 Å². The lowest BCUT2D eigenvalue weighted by molar-refractivity contribution is 1.42. The van der Waals surface area contributed by atoms with Crippen LogP contribution >= 0.6 is 51.7 Å². The molecule has 1 aromatic heterocycles. The van der Waals surface area contributed by atoms with E-state index in [4.69, 9.17) is 0 Å². The molecule has 0 atom stereocenters. The third kappa shape index (κ3) is 1.85. The summed E-state index contributed by atoms with van der Waals surface area (Å²) in [5.41, 5.74) is 0. The lowest BCUT2D eigenvalue weighted by Gasteiger charge is -1.96. The van der Waals surface area contributed by atoms with Crippen LogP contribution in [0.1, 0.15) is 4.88 Å². The van der Waals surface area contributed by atoms with E-state index in [1.165, 1.54) is 19.9 Å². The van der Waals surface area contributed by atoms with Gasteiger partial charge in [0.2, 0.25) is 0 Å². The van der Waals surface area contributed by atoms with Crippen molar-refractivity contribution in [2.45, 2.75) is 15.1 Å². The summed E-state index contributed by atoms with van der Waals surface area (Å²) < 4.78 is 1.32. The standard InChI is InChI=1S/C10H9BrS3/c1-13-6-2-3-8-7(4-6)10(12)9(5-11)14-8/h2-4,12H,5H2,1H3. The van der Waals surface area contributed by atoms with Crippen molar-refractivity contribution in [1.82, 2.24) is 0 Å². The van der Waals surface area contributed by atoms with Gasteiger partial charge in [-0.2, -0.15) is 0 Å². The second kappa shape index (κ2) is 4.47. The van der Waals surface area contributed by atoms with Gasteiger partial charge in [-0.05, 0) is 24.5 Å². The van der Waals surface area contributed by atoms with Gasteiger partial charge in [-0.1, -0.05) is 15.9 Å². The number of benzene rings is 1. The first kappa shape index (κ1) is 10.9. The summed E-state index contributed by atoms with van der Waals surface area (Å²) in [5, 5.41) is 2.17. The second-order valence-corrected chi connectivity index (χ2v) is 5.89. The first-order chi connectivity index (χ1) is 6.76. The molecule has 4 heteroatoms. The van der Waals surface area contributed by atoms with E-state index < -0.39 is 0 Å². The number of halogens is 1. The minimum Gasteiger partial charge on any atom is -0.142 e. The largest absolute Gasteiger partial charge is 0.142 e. The Morgan fingerprint density at radius 2 is 2.29 bits per heavy atom. The number of fused-ring (bicyclic) bond motifs is 1. The monoisotopic (exact) mass is 304 g/mol. The molecule has 0 radical (unpaired) electrons. The fourth-order valence-corrected chi connectivity index (χ4v) is 4.02. The molecule has 74 valence electrons. The van der Waals surface area contributed by atoms with Crippen LogP contribution in [0.3, 0.4) is 0 Å². The Morgan fingerprint density at radius 3 is 2.93 bits per heavy atom. The molecule has 0 spiro atoms. The zero-order chi connectivity index (χ0) is 10.1. The lowest BCUT2D eigenvalue weighted by atomic mass is 10.2. The Hall–Kier alpha value is 0.360. The van der Waals surface area contributed by atoms with Crippen molar-refractivity contribution >= 4 is 61.7 Å². The van der Waals surface area contributed by atoms with Gasteiger partial charge in [0.05, 0.1) is 0 Å². The molecule has 1 heterocycles. The van der Waals surface area contributed by atoms with Gasteiger partial charge < -0.3 is 0 Å². The highest BCUT2D eigenvalue weighted by Crippen LogP contribution is 2.36. The summed E-state index contributed by atoms with van der Waals surface area (Å²) >= 11 is 11.6. The van der Waals surface area contributed by atoms with Crippen molar-refractivity contribution in [3.05, 3.63) is 23.1 Å².